The maximum atomic E-state index is 9.26. The van der Waals surface area contributed by atoms with Gasteiger partial charge in [-0.2, -0.15) is 5.26 Å². The molecule has 0 unspecified atom stereocenters. The van der Waals surface area contributed by atoms with Crippen molar-refractivity contribution in [1.82, 2.24) is 0 Å². The number of hydrogen-bond donors (Lipinski definition) is 0. The maximum Gasteiger partial charge on any atom is 0.106 e. The maximum absolute atomic E-state index is 9.26. The highest BCUT2D eigenvalue weighted by molar-refractivity contribution is 8.03. The molecule has 0 spiro atoms. The predicted octanol–water partition coefficient (Wildman–Crippen LogP) is 5.61. The number of hydrogen-bond acceptors (Lipinski definition) is 2. The third-order valence-electron chi connectivity index (χ3n) is 2.98. The van der Waals surface area contributed by atoms with Gasteiger partial charge in [-0.3, -0.25) is 0 Å². The van der Waals surface area contributed by atoms with Crippen molar-refractivity contribution < 1.29 is 0 Å². The lowest BCUT2D eigenvalue weighted by Gasteiger charge is -2.04. The summed E-state index contributed by atoms with van der Waals surface area (Å²) in [5.41, 5.74) is 3.47. The van der Waals surface area contributed by atoms with Crippen LogP contribution in [0.5, 0.6) is 0 Å². The first-order valence-electron chi connectivity index (χ1n) is 6.21. The fraction of sp³-hybridized carbons (Fsp3) is 0.118. The lowest BCUT2D eigenvalue weighted by Crippen LogP contribution is -1.82. The van der Waals surface area contributed by atoms with Gasteiger partial charge in [0.05, 0.1) is 4.91 Å². The van der Waals surface area contributed by atoms with Gasteiger partial charge in [0, 0.05) is 9.92 Å². The molecule has 1 nitrogen and oxygen atoms in total. The van der Waals surface area contributed by atoms with E-state index in [1.807, 2.05) is 36.4 Å². The summed E-state index contributed by atoms with van der Waals surface area (Å²) in [5.74, 6) is 0. The molecule has 0 N–H and O–H groups in total. The molecule has 0 atom stereocenters. The molecule has 0 fully saturated rings. The Hall–Kier alpha value is -1.69. The van der Waals surface area contributed by atoms with Crippen molar-refractivity contribution in [3.05, 3.63) is 69.1 Å². The number of thioether (sulfide) groups is 1. The first-order valence-corrected chi connectivity index (χ1v) is 7.40. The van der Waals surface area contributed by atoms with E-state index in [0.717, 1.165) is 10.5 Å². The van der Waals surface area contributed by atoms with E-state index >= 15 is 0 Å². The largest absolute Gasteiger partial charge is 0.192 e. The number of halogens is 1. The van der Waals surface area contributed by atoms with Crippen LogP contribution >= 0.6 is 23.4 Å². The van der Waals surface area contributed by atoms with Gasteiger partial charge in [0.2, 0.25) is 0 Å². The summed E-state index contributed by atoms with van der Waals surface area (Å²) in [5, 5.41) is 9.96. The van der Waals surface area contributed by atoms with Crippen LogP contribution in [0.4, 0.5) is 0 Å². The van der Waals surface area contributed by atoms with E-state index < -0.39 is 0 Å². The summed E-state index contributed by atoms with van der Waals surface area (Å²) < 4.78 is 0. The van der Waals surface area contributed by atoms with Crippen molar-refractivity contribution in [3.63, 3.8) is 0 Å². The normalized spacial score (nSPS) is 11.2. The van der Waals surface area contributed by atoms with Crippen LogP contribution in [0, 0.1) is 25.2 Å². The third kappa shape index (κ3) is 3.90. The zero-order valence-corrected chi connectivity index (χ0v) is 12.9. The van der Waals surface area contributed by atoms with Gasteiger partial charge in [0.25, 0.3) is 0 Å². The Bertz CT molecular complexity index is 681. The van der Waals surface area contributed by atoms with Crippen molar-refractivity contribution >= 4 is 29.4 Å². The van der Waals surface area contributed by atoms with Gasteiger partial charge < -0.3 is 0 Å². The Morgan fingerprint density at radius 1 is 1.10 bits per heavy atom. The molecule has 0 saturated heterocycles. The van der Waals surface area contributed by atoms with Crippen LogP contribution in [-0.4, -0.2) is 0 Å². The zero-order chi connectivity index (χ0) is 14.5. The molecule has 100 valence electrons. The Labute approximate surface area is 128 Å². The van der Waals surface area contributed by atoms with Crippen LogP contribution < -0.4 is 0 Å². The SMILES string of the molecule is Cc1ccc(S/C(C#N)=C\c2ccc(Cl)cc2)cc1C. The summed E-state index contributed by atoms with van der Waals surface area (Å²) in [6, 6.07) is 15.9. The molecule has 0 saturated carbocycles. The highest BCUT2D eigenvalue weighted by atomic mass is 35.5. The quantitative estimate of drug-likeness (QED) is 0.543. The van der Waals surface area contributed by atoms with Crippen molar-refractivity contribution in [2.45, 2.75) is 18.7 Å². The van der Waals surface area contributed by atoms with Crippen molar-refractivity contribution in [3.8, 4) is 6.07 Å². The van der Waals surface area contributed by atoms with E-state index in [9.17, 15) is 5.26 Å². The van der Waals surface area contributed by atoms with Gasteiger partial charge in [0.15, 0.2) is 0 Å². The molecule has 3 heteroatoms. The molecular formula is C17H14ClNS. The molecule has 0 heterocycles. The van der Waals surface area contributed by atoms with Crippen LogP contribution in [0.15, 0.2) is 52.3 Å². The summed E-state index contributed by atoms with van der Waals surface area (Å²) in [6.45, 7) is 4.16. The summed E-state index contributed by atoms with van der Waals surface area (Å²) in [6.07, 6.45) is 1.87. The topological polar surface area (TPSA) is 23.8 Å². The number of nitrogens with zero attached hydrogens (tertiary/aromatic N) is 1. The molecule has 20 heavy (non-hydrogen) atoms. The molecule has 2 aromatic carbocycles. The Morgan fingerprint density at radius 3 is 2.40 bits per heavy atom. The van der Waals surface area contributed by atoms with E-state index in [1.165, 1.54) is 22.9 Å². The van der Waals surface area contributed by atoms with Crippen molar-refractivity contribution in [2.24, 2.45) is 0 Å². The van der Waals surface area contributed by atoms with E-state index in [2.05, 4.69) is 32.0 Å². The van der Waals surface area contributed by atoms with Crippen molar-refractivity contribution in [1.29, 1.82) is 5.26 Å². The van der Waals surface area contributed by atoms with Crippen LogP contribution in [0.2, 0.25) is 5.02 Å². The van der Waals surface area contributed by atoms with E-state index in [4.69, 9.17) is 11.6 Å². The van der Waals surface area contributed by atoms with Crippen LogP contribution in [0.25, 0.3) is 6.08 Å². The van der Waals surface area contributed by atoms with Gasteiger partial charge in [0.1, 0.15) is 6.07 Å². The average molecular weight is 300 g/mol. The second-order valence-electron chi connectivity index (χ2n) is 4.52. The highest BCUT2D eigenvalue weighted by Crippen LogP contribution is 2.29. The molecule has 0 aliphatic rings. The minimum atomic E-state index is 0.663. The first kappa shape index (κ1) is 14.7. The minimum absolute atomic E-state index is 0.663. The zero-order valence-electron chi connectivity index (χ0n) is 11.4. The predicted molar refractivity (Wildman–Crippen MR) is 86.8 cm³/mol. The van der Waals surface area contributed by atoms with Gasteiger partial charge in [-0.25, -0.2) is 0 Å². The molecule has 0 bridgehead atoms. The minimum Gasteiger partial charge on any atom is -0.192 e. The number of rotatable bonds is 3. The van der Waals surface area contributed by atoms with Crippen LogP contribution in [-0.2, 0) is 0 Å². The fourth-order valence-electron chi connectivity index (χ4n) is 1.70. The van der Waals surface area contributed by atoms with Gasteiger partial charge >= 0.3 is 0 Å². The fourth-order valence-corrected chi connectivity index (χ4v) is 2.69. The van der Waals surface area contributed by atoms with E-state index in [0.29, 0.717) is 9.93 Å². The second-order valence-corrected chi connectivity index (χ2v) is 6.07. The standard InChI is InChI=1S/C17H14ClNS/c1-12-3-8-16(9-13(12)2)20-17(11-19)10-14-4-6-15(18)7-5-14/h3-10H,1-2H3/b17-10-. The molecule has 0 amide bonds. The molecule has 0 aliphatic carbocycles. The average Bonchev–Trinajstić information content (AvgIpc) is 2.44. The summed E-state index contributed by atoms with van der Waals surface area (Å²) >= 11 is 7.33. The number of benzene rings is 2. The Morgan fingerprint density at radius 2 is 1.80 bits per heavy atom. The first-order chi connectivity index (χ1) is 9.58. The lowest BCUT2D eigenvalue weighted by molar-refractivity contribution is 1.28. The highest BCUT2D eigenvalue weighted by Gasteiger charge is 2.02. The van der Waals surface area contributed by atoms with Gasteiger partial charge in [-0.15, -0.1) is 0 Å². The molecule has 0 aromatic heterocycles. The molecule has 0 aliphatic heterocycles. The molecule has 2 aromatic rings. The van der Waals surface area contributed by atoms with Crippen molar-refractivity contribution in [2.75, 3.05) is 0 Å². The Balaban J connectivity index is 2.22. The monoisotopic (exact) mass is 299 g/mol. The number of aryl methyl sites for hydroxylation is 2. The van der Waals surface area contributed by atoms with E-state index in [-0.39, 0.29) is 0 Å². The summed E-state index contributed by atoms with van der Waals surface area (Å²) in [4.78, 5) is 1.74. The van der Waals surface area contributed by atoms with Crippen LogP contribution in [0.3, 0.4) is 0 Å². The van der Waals surface area contributed by atoms with E-state index in [1.54, 1.807) is 0 Å². The number of nitriles is 1. The number of allylic oxidation sites excluding steroid dienone is 1. The van der Waals surface area contributed by atoms with Gasteiger partial charge in [-0.1, -0.05) is 41.6 Å². The molecular weight excluding hydrogens is 286 g/mol. The lowest BCUT2D eigenvalue weighted by atomic mass is 10.1. The molecule has 0 radical (unpaired) electrons. The molecule has 2 rings (SSSR count). The summed E-state index contributed by atoms with van der Waals surface area (Å²) in [7, 11) is 0. The second kappa shape index (κ2) is 6.65. The Kier molecular flexibility index (Phi) is 4.89. The van der Waals surface area contributed by atoms with Gasteiger partial charge in [-0.05, 0) is 60.9 Å². The smallest absolute Gasteiger partial charge is 0.106 e. The third-order valence-corrected chi connectivity index (χ3v) is 4.15. The van der Waals surface area contributed by atoms with Crippen LogP contribution in [0.1, 0.15) is 16.7 Å².